The zero-order valence-corrected chi connectivity index (χ0v) is 17.5. The fraction of sp³-hybridized carbons (Fsp3) is 0.682. The smallest absolute Gasteiger partial charge is 0.194 e. The minimum absolute atomic E-state index is 0.227. The van der Waals surface area contributed by atoms with Gasteiger partial charge in [0.25, 0.3) is 0 Å². The van der Waals surface area contributed by atoms with Crippen molar-refractivity contribution in [1.82, 2.24) is 5.43 Å². The molecule has 0 amide bonds. The van der Waals surface area contributed by atoms with Gasteiger partial charge >= 0.3 is 0 Å². The van der Waals surface area contributed by atoms with Crippen LogP contribution in [0.15, 0.2) is 34.3 Å². The van der Waals surface area contributed by atoms with Crippen molar-refractivity contribution < 1.29 is 4.74 Å². The molecule has 0 radical (unpaired) electrons. The van der Waals surface area contributed by atoms with Gasteiger partial charge in [0.1, 0.15) is 5.75 Å². The van der Waals surface area contributed by atoms with Crippen molar-refractivity contribution in [2.45, 2.75) is 100 Å². The molecule has 1 N–H and O–H groups in total. The van der Waals surface area contributed by atoms with Gasteiger partial charge in [0.2, 0.25) is 0 Å². The van der Waals surface area contributed by atoms with Gasteiger partial charge in [-0.3, -0.25) is 5.43 Å². The molecule has 0 aromatic heterocycles. The molecule has 4 heteroatoms. The molecule has 1 aromatic carbocycles. The number of thioether (sulfide) groups is 1. The lowest BCUT2D eigenvalue weighted by molar-refractivity contribution is -0.00186. The van der Waals surface area contributed by atoms with E-state index in [1.54, 1.807) is 0 Å². The Labute approximate surface area is 163 Å². The number of rotatable bonds is 5. The Morgan fingerprint density at radius 3 is 2.15 bits per heavy atom. The molecule has 0 atom stereocenters. The fourth-order valence-corrected chi connectivity index (χ4v) is 4.75. The van der Waals surface area contributed by atoms with Gasteiger partial charge in [-0.15, -0.1) is 11.8 Å². The number of nitrogens with zero attached hydrogens (tertiary/aromatic N) is 1. The van der Waals surface area contributed by atoms with Crippen LogP contribution in [0.2, 0.25) is 0 Å². The number of ether oxygens (including phenoxy) is 1. The van der Waals surface area contributed by atoms with Gasteiger partial charge in [0.05, 0.1) is 0 Å². The second-order valence-electron chi connectivity index (χ2n) is 8.69. The summed E-state index contributed by atoms with van der Waals surface area (Å²) in [5, 5.41) is 4.78. The minimum Gasteiger partial charge on any atom is -0.467 e. The molecule has 1 aromatic rings. The van der Waals surface area contributed by atoms with Crippen LogP contribution in [0.1, 0.15) is 85.0 Å². The predicted molar refractivity (Wildman–Crippen MR) is 112 cm³/mol. The Balaban J connectivity index is 1.67. The topological polar surface area (TPSA) is 33.6 Å². The monoisotopic (exact) mass is 374 g/mol. The summed E-state index contributed by atoms with van der Waals surface area (Å²) in [6.45, 7) is 6.73. The molecule has 0 unspecified atom stereocenters. The molecule has 0 spiro atoms. The average molecular weight is 375 g/mol. The van der Waals surface area contributed by atoms with E-state index < -0.39 is 0 Å². The van der Waals surface area contributed by atoms with Crippen molar-refractivity contribution in [1.29, 1.82) is 0 Å². The quantitative estimate of drug-likeness (QED) is 0.361. The van der Waals surface area contributed by atoms with Gasteiger partial charge in [-0.05, 0) is 62.8 Å². The first kappa shape index (κ1) is 19.6. The van der Waals surface area contributed by atoms with Crippen LogP contribution >= 0.6 is 11.8 Å². The molecule has 26 heavy (non-hydrogen) atoms. The lowest BCUT2D eigenvalue weighted by Gasteiger charge is -2.37. The van der Waals surface area contributed by atoms with E-state index in [0.717, 1.165) is 31.4 Å². The molecule has 2 aliphatic rings. The molecule has 0 bridgehead atoms. The molecule has 2 fully saturated rings. The highest BCUT2D eigenvalue weighted by atomic mass is 32.2. The molecule has 0 saturated heterocycles. The van der Waals surface area contributed by atoms with E-state index in [0.29, 0.717) is 0 Å². The molecule has 144 valence electrons. The molecule has 3 rings (SSSR count). The van der Waals surface area contributed by atoms with E-state index >= 15 is 0 Å². The summed E-state index contributed by atoms with van der Waals surface area (Å²) < 4.78 is 6.72. The van der Waals surface area contributed by atoms with Crippen molar-refractivity contribution in [3.05, 3.63) is 24.3 Å². The number of nitrogens with one attached hydrogen (secondary N) is 1. The molecule has 2 aliphatic carbocycles. The number of benzene rings is 1. The Kier molecular flexibility index (Phi) is 6.55. The first-order valence-corrected chi connectivity index (χ1v) is 11.1. The first-order valence-electron chi connectivity index (χ1n) is 10.2. The summed E-state index contributed by atoms with van der Waals surface area (Å²) in [6, 6.07) is 8.57. The third kappa shape index (κ3) is 5.94. The molecule has 0 aliphatic heterocycles. The third-order valence-electron chi connectivity index (χ3n) is 5.07. The third-order valence-corrected chi connectivity index (χ3v) is 6.19. The molecular formula is C22H34N2OS. The van der Waals surface area contributed by atoms with Crippen LogP contribution in [0.4, 0.5) is 0 Å². The average Bonchev–Trinajstić information content (AvgIpc) is 2.62. The lowest BCUT2D eigenvalue weighted by Crippen LogP contribution is -2.49. The highest BCUT2D eigenvalue weighted by Gasteiger charge is 2.34. The largest absolute Gasteiger partial charge is 0.467 e. The number of hydrogen-bond donors (Lipinski definition) is 1. The summed E-state index contributed by atoms with van der Waals surface area (Å²) in [7, 11) is 0. The Bertz CT molecular complexity index is 590. The Hall–Kier alpha value is -1.16. The van der Waals surface area contributed by atoms with Crippen LogP contribution in [-0.2, 0) is 0 Å². The lowest BCUT2D eigenvalue weighted by atomic mass is 9.92. The van der Waals surface area contributed by atoms with Gasteiger partial charge < -0.3 is 4.74 Å². The summed E-state index contributed by atoms with van der Waals surface area (Å²) in [5.41, 5.74) is 4.46. The van der Waals surface area contributed by atoms with Gasteiger partial charge in [-0.1, -0.05) is 33.6 Å². The normalized spacial score (nSPS) is 20.5. The van der Waals surface area contributed by atoms with Gasteiger partial charge in [-0.25, -0.2) is 0 Å². The van der Waals surface area contributed by atoms with Crippen LogP contribution in [-0.4, -0.2) is 16.2 Å². The number of hydrogen-bond acceptors (Lipinski definition) is 4. The zero-order valence-electron chi connectivity index (χ0n) is 16.6. The van der Waals surface area contributed by atoms with Gasteiger partial charge in [-0.2, -0.15) is 5.10 Å². The van der Waals surface area contributed by atoms with E-state index in [1.807, 2.05) is 11.8 Å². The standard InChI is InChI=1S/C22H34N2OS/c1-21(2,3)26-20-14-12-19(13-15-20)25-22(16-8-5-9-17-22)24-23-18-10-6-4-7-11-18/h12-15,24H,4-11,16-17H2,1-3H3. The summed E-state index contributed by atoms with van der Waals surface area (Å²) >= 11 is 1.89. The van der Waals surface area contributed by atoms with Crippen molar-refractivity contribution in [2.24, 2.45) is 5.10 Å². The van der Waals surface area contributed by atoms with Crippen LogP contribution in [0.3, 0.4) is 0 Å². The van der Waals surface area contributed by atoms with Gasteiger partial charge in [0.15, 0.2) is 5.72 Å². The van der Waals surface area contributed by atoms with E-state index in [4.69, 9.17) is 9.84 Å². The van der Waals surface area contributed by atoms with Crippen LogP contribution in [0.5, 0.6) is 5.75 Å². The Morgan fingerprint density at radius 2 is 1.54 bits per heavy atom. The molecular weight excluding hydrogens is 340 g/mol. The van der Waals surface area contributed by atoms with Crippen molar-refractivity contribution >= 4 is 17.5 Å². The van der Waals surface area contributed by atoms with Crippen molar-refractivity contribution in [3.8, 4) is 5.75 Å². The molecule has 0 heterocycles. The summed E-state index contributed by atoms with van der Waals surface area (Å²) in [5.74, 6) is 0.946. The predicted octanol–water partition coefficient (Wildman–Crippen LogP) is 6.53. The van der Waals surface area contributed by atoms with Crippen LogP contribution in [0.25, 0.3) is 0 Å². The van der Waals surface area contributed by atoms with E-state index in [2.05, 4.69) is 50.5 Å². The SMILES string of the molecule is CC(C)(C)Sc1ccc(OC2(NN=C3CCCCC3)CCCCC2)cc1. The van der Waals surface area contributed by atoms with E-state index in [1.165, 1.54) is 49.1 Å². The highest BCUT2D eigenvalue weighted by molar-refractivity contribution is 8.00. The highest BCUT2D eigenvalue weighted by Crippen LogP contribution is 2.35. The maximum absolute atomic E-state index is 6.49. The molecule has 3 nitrogen and oxygen atoms in total. The van der Waals surface area contributed by atoms with Gasteiger partial charge in [0, 0.05) is 28.2 Å². The maximum Gasteiger partial charge on any atom is 0.194 e. The van der Waals surface area contributed by atoms with Crippen molar-refractivity contribution in [3.63, 3.8) is 0 Å². The van der Waals surface area contributed by atoms with Crippen molar-refractivity contribution in [2.75, 3.05) is 0 Å². The minimum atomic E-state index is -0.332. The van der Waals surface area contributed by atoms with Crippen LogP contribution in [0, 0.1) is 0 Å². The summed E-state index contributed by atoms with van der Waals surface area (Å²) in [4.78, 5) is 1.29. The zero-order chi connectivity index (χ0) is 18.5. The second-order valence-corrected chi connectivity index (χ2v) is 10.6. The summed E-state index contributed by atoms with van der Waals surface area (Å²) in [6.07, 6.45) is 12.0. The van der Waals surface area contributed by atoms with E-state index in [9.17, 15) is 0 Å². The Morgan fingerprint density at radius 1 is 0.923 bits per heavy atom. The van der Waals surface area contributed by atoms with Crippen LogP contribution < -0.4 is 10.2 Å². The van der Waals surface area contributed by atoms with E-state index in [-0.39, 0.29) is 10.5 Å². The maximum atomic E-state index is 6.49. The number of hydrazone groups is 1. The molecule has 2 saturated carbocycles. The second kappa shape index (κ2) is 8.69. The fourth-order valence-electron chi connectivity index (χ4n) is 3.77. The first-order chi connectivity index (χ1) is 12.4.